The molecule has 0 bridgehead atoms. The molecule has 2 aromatic rings. The number of benzene rings is 2. The van der Waals surface area contributed by atoms with Gasteiger partial charge in [0.1, 0.15) is 12.4 Å². The minimum Gasteiger partial charge on any atom is -0.487 e. The van der Waals surface area contributed by atoms with E-state index in [0.717, 1.165) is 11.1 Å². The first kappa shape index (κ1) is 20.6. The van der Waals surface area contributed by atoms with E-state index < -0.39 is 11.9 Å². The molecule has 0 fully saturated rings. The summed E-state index contributed by atoms with van der Waals surface area (Å²) in [5, 5.41) is 12.3. The van der Waals surface area contributed by atoms with Crippen molar-refractivity contribution >= 4 is 23.6 Å². The van der Waals surface area contributed by atoms with Crippen LogP contribution < -0.4 is 10.1 Å². The number of aliphatic carboxylic acids is 1. The van der Waals surface area contributed by atoms with Crippen LogP contribution in [0.15, 0.2) is 48.5 Å². The molecule has 0 heterocycles. The van der Waals surface area contributed by atoms with E-state index in [1.807, 2.05) is 36.4 Å². The Labute approximate surface area is 163 Å². The molecule has 2 N–H and O–H groups in total. The molecule has 2 amide bonds. The van der Waals surface area contributed by atoms with Crippen LogP contribution in [0.4, 0.5) is 4.79 Å². The molecule has 0 aromatic heterocycles. The molecule has 7 heteroatoms. The number of nitrogens with one attached hydrogen (secondary N) is 1. The van der Waals surface area contributed by atoms with Gasteiger partial charge >= 0.3 is 12.0 Å². The molecule has 0 saturated heterocycles. The van der Waals surface area contributed by atoms with Gasteiger partial charge in [0, 0.05) is 20.1 Å². The van der Waals surface area contributed by atoms with Gasteiger partial charge in [0.2, 0.25) is 0 Å². The molecule has 0 aliphatic rings. The number of ether oxygens (including phenoxy) is 1. The van der Waals surface area contributed by atoms with E-state index in [2.05, 4.69) is 5.32 Å². The lowest BCUT2D eigenvalue weighted by atomic mass is 10.1. The van der Waals surface area contributed by atoms with Crippen LogP contribution in [0, 0.1) is 5.92 Å². The maximum Gasteiger partial charge on any atom is 0.317 e. The lowest BCUT2D eigenvalue weighted by Crippen LogP contribution is -2.40. The lowest BCUT2D eigenvalue weighted by Gasteiger charge is -2.20. The third-order valence-electron chi connectivity index (χ3n) is 4.08. The molecular weight excluding hydrogens is 368 g/mol. The highest BCUT2D eigenvalue weighted by Gasteiger charge is 2.17. The van der Waals surface area contributed by atoms with Crippen LogP contribution in [0.2, 0.25) is 5.02 Å². The van der Waals surface area contributed by atoms with Gasteiger partial charge in [-0.2, -0.15) is 0 Å². The molecule has 2 aromatic carbocycles. The van der Waals surface area contributed by atoms with Crippen molar-refractivity contribution in [1.29, 1.82) is 0 Å². The van der Waals surface area contributed by atoms with Crippen molar-refractivity contribution in [3.8, 4) is 5.75 Å². The average Bonchev–Trinajstić information content (AvgIpc) is 2.65. The molecule has 144 valence electrons. The summed E-state index contributed by atoms with van der Waals surface area (Å²) in [6.45, 7) is 2.33. The fourth-order valence-corrected chi connectivity index (χ4v) is 2.66. The smallest absolute Gasteiger partial charge is 0.317 e. The Hall–Kier alpha value is -2.73. The van der Waals surface area contributed by atoms with Crippen molar-refractivity contribution < 1.29 is 19.4 Å². The first-order chi connectivity index (χ1) is 12.9. The third-order valence-corrected chi connectivity index (χ3v) is 4.40. The quantitative estimate of drug-likeness (QED) is 0.718. The van der Waals surface area contributed by atoms with Crippen molar-refractivity contribution in [1.82, 2.24) is 10.2 Å². The van der Waals surface area contributed by atoms with Gasteiger partial charge in [0.25, 0.3) is 0 Å². The van der Waals surface area contributed by atoms with Gasteiger partial charge in [-0.25, -0.2) is 4.79 Å². The summed E-state index contributed by atoms with van der Waals surface area (Å²) >= 11 is 6.10. The molecule has 0 saturated carbocycles. The number of carbonyl (C=O) groups excluding carboxylic acids is 1. The van der Waals surface area contributed by atoms with Gasteiger partial charge in [-0.1, -0.05) is 54.9 Å². The number of halogens is 1. The number of hydrogen-bond donors (Lipinski definition) is 2. The molecule has 0 aliphatic carbocycles. The Kier molecular flexibility index (Phi) is 7.49. The zero-order valence-electron chi connectivity index (χ0n) is 15.3. The molecular formula is C20H23ClN2O4. The number of nitrogens with zero attached hydrogens (tertiary/aromatic N) is 1. The van der Waals surface area contributed by atoms with Crippen LogP contribution in [0.1, 0.15) is 18.1 Å². The zero-order chi connectivity index (χ0) is 19.8. The number of urea groups is 1. The molecule has 1 atom stereocenters. The fraction of sp³-hybridized carbons (Fsp3) is 0.300. The minimum absolute atomic E-state index is 0.137. The predicted molar refractivity (Wildman–Crippen MR) is 104 cm³/mol. The number of hydrogen-bond acceptors (Lipinski definition) is 3. The van der Waals surface area contributed by atoms with E-state index >= 15 is 0 Å². The number of amides is 2. The zero-order valence-corrected chi connectivity index (χ0v) is 16.1. The lowest BCUT2D eigenvalue weighted by molar-refractivity contribution is -0.141. The molecule has 27 heavy (non-hydrogen) atoms. The van der Waals surface area contributed by atoms with E-state index in [9.17, 15) is 9.59 Å². The highest BCUT2D eigenvalue weighted by molar-refractivity contribution is 6.32. The van der Waals surface area contributed by atoms with Crippen molar-refractivity contribution in [2.45, 2.75) is 20.1 Å². The van der Waals surface area contributed by atoms with Gasteiger partial charge in [-0.3, -0.25) is 4.79 Å². The normalized spacial score (nSPS) is 11.5. The Morgan fingerprint density at radius 3 is 2.44 bits per heavy atom. The molecule has 0 aliphatic heterocycles. The van der Waals surface area contributed by atoms with Gasteiger partial charge in [0.05, 0.1) is 10.9 Å². The van der Waals surface area contributed by atoms with E-state index in [4.69, 9.17) is 21.4 Å². The van der Waals surface area contributed by atoms with Crippen molar-refractivity contribution in [3.05, 3.63) is 64.7 Å². The van der Waals surface area contributed by atoms with E-state index in [1.54, 1.807) is 26.1 Å². The van der Waals surface area contributed by atoms with Crippen LogP contribution in [0.5, 0.6) is 5.75 Å². The maximum absolute atomic E-state index is 12.2. The number of carbonyl (C=O) groups is 2. The number of carboxylic acid groups (broad SMARTS) is 1. The van der Waals surface area contributed by atoms with Crippen LogP contribution in [0.25, 0.3) is 0 Å². The maximum atomic E-state index is 12.2. The third kappa shape index (κ3) is 6.18. The first-order valence-corrected chi connectivity index (χ1v) is 8.92. The van der Waals surface area contributed by atoms with E-state index in [1.165, 1.54) is 4.90 Å². The number of rotatable bonds is 8. The second kappa shape index (κ2) is 9.83. The minimum atomic E-state index is -0.934. The fourth-order valence-electron chi connectivity index (χ4n) is 2.47. The van der Waals surface area contributed by atoms with Crippen LogP contribution >= 0.6 is 11.6 Å². The molecule has 6 nitrogen and oxygen atoms in total. The summed E-state index contributed by atoms with van der Waals surface area (Å²) < 4.78 is 5.78. The molecule has 1 unspecified atom stereocenters. The SMILES string of the molecule is CC(CN(C)C(=O)NCc1ccccc1COc1ccccc1Cl)C(=O)O. The number of carboxylic acids is 1. The standard InChI is InChI=1S/C20H23ClN2O4/c1-14(19(24)25)12-23(2)20(26)22-11-15-7-3-4-8-16(15)13-27-18-10-6-5-9-17(18)21/h3-10,14H,11-13H2,1-2H3,(H,22,26)(H,24,25). The Morgan fingerprint density at radius 1 is 1.15 bits per heavy atom. The Balaban J connectivity index is 1.94. The van der Waals surface area contributed by atoms with E-state index in [-0.39, 0.29) is 12.6 Å². The van der Waals surface area contributed by atoms with Gasteiger partial charge in [-0.05, 0) is 23.3 Å². The summed E-state index contributed by atoms with van der Waals surface area (Å²) in [5.41, 5.74) is 1.84. The highest BCUT2D eigenvalue weighted by Crippen LogP contribution is 2.24. The van der Waals surface area contributed by atoms with Crippen molar-refractivity contribution in [3.63, 3.8) is 0 Å². The summed E-state index contributed by atoms with van der Waals surface area (Å²) in [4.78, 5) is 24.5. The van der Waals surface area contributed by atoms with Crippen LogP contribution in [-0.4, -0.2) is 35.6 Å². The Bertz CT molecular complexity index is 797. The molecule has 0 spiro atoms. The monoisotopic (exact) mass is 390 g/mol. The Morgan fingerprint density at radius 2 is 1.78 bits per heavy atom. The highest BCUT2D eigenvalue weighted by atomic mass is 35.5. The topological polar surface area (TPSA) is 78.9 Å². The second-order valence-electron chi connectivity index (χ2n) is 6.27. The first-order valence-electron chi connectivity index (χ1n) is 8.54. The van der Waals surface area contributed by atoms with Crippen LogP contribution in [-0.2, 0) is 17.9 Å². The van der Waals surface area contributed by atoms with Crippen LogP contribution in [0.3, 0.4) is 0 Å². The predicted octanol–water partition coefficient (Wildman–Crippen LogP) is 3.78. The molecule has 2 rings (SSSR count). The van der Waals surface area contributed by atoms with Crippen molar-refractivity contribution in [2.24, 2.45) is 5.92 Å². The van der Waals surface area contributed by atoms with Gasteiger partial charge in [-0.15, -0.1) is 0 Å². The van der Waals surface area contributed by atoms with Gasteiger partial charge < -0.3 is 20.1 Å². The summed E-state index contributed by atoms with van der Waals surface area (Å²) in [7, 11) is 1.57. The van der Waals surface area contributed by atoms with Crippen molar-refractivity contribution in [2.75, 3.05) is 13.6 Å². The molecule has 0 radical (unpaired) electrons. The van der Waals surface area contributed by atoms with Gasteiger partial charge in [0.15, 0.2) is 0 Å². The second-order valence-corrected chi connectivity index (χ2v) is 6.67. The average molecular weight is 391 g/mol. The summed E-state index contributed by atoms with van der Waals surface area (Å²) in [6, 6.07) is 14.5. The summed E-state index contributed by atoms with van der Waals surface area (Å²) in [6.07, 6.45) is 0. The summed E-state index contributed by atoms with van der Waals surface area (Å²) in [5.74, 6) is -0.964. The largest absolute Gasteiger partial charge is 0.487 e. The number of para-hydroxylation sites is 1. The van der Waals surface area contributed by atoms with E-state index in [0.29, 0.717) is 23.9 Å².